The van der Waals surface area contributed by atoms with Crippen LogP contribution in [0.3, 0.4) is 0 Å². The summed E-state index contributed by atoms with van der Waals surface area (Å²) in [5.74, 6) is 1.46. The van der Waals surface area contributed by atoms with E-state index in [-0.39, 0.29) is 5.97 Å². The molecule has 0 unspecified atom stereocenters. The number of carbonyl (C=O) groups is 1. The third-order valence-corrected chi connectivity index (χ3v) is 4.45. The van der Waals surface area contributed by atoms with Crippen LogP contribution < -0.4 is 0 Å². The molecule has 1 fully saturated rings. The van der Waals surface area contributed by atoms with Crippen molar-refractivity contribution < 1.29 is 9.53 Å². The third-order valence-electron chi connectivity index (χ3n) is 4.45. The van der Waals surface area contributed by atoms with E-state index in [4.69, 9.17) is 4.74 Å². The summed E-state index contributed by atoms with van der Waals surface area (Å²) in [6.07, 6.45) is 5.61. The maximum atomic E-state index is 11.4. The Bertz CT molecular complexity index is 647. The minimum Gasteiger partial charge on any atom is -0.466 e. The molecule has 0 N–H and O–H groups in total. The Balaban J connectivity index is 1.48. The summed E-state index contributed by atoms with van der Waals surface area (Å²) >= 11 is 0. The van der Waals surface area contributed by atoms with Gasteiger partial charge in [-0.3, -0.25) is 9.20 Å². The number of pyridine rings is 1. The van der Waals surface area contributed by atoms with Crippen LogP contribution >= 0.6 is 0 Å². The summed E-state index contributed by atoms with van der Waals surface area (Å²) in [6.45, 7) is 5.38. The summed E-state index contributed by atoms with van der Waals surface area (Å²) < 4.78 is 7.06. The smallest absolute Gasteiger partial charge is 0.305 e. The fourth-order valence-electron chi connectivity index (χ4n) is 3.23. The molecular formula is C17H24N4O2. The average molecular weight is 316 g/mol. The highest BCUT2D eigenvalue weighted by molar-refractivity contribution is 5.69. The van der Waals surface area contributed by atoms with Gasteiger partial charge in [0, 0.05) is 18.5 Å². The predicted octanol–water partition coefficient (Wildman–Crippen LogP) is 2.25. The topological polar surface area (TPSA) is 59.7 Å². The van der Waals surface area contributed by atoms with E-state index in [0.717, 1.165) is 50.4 Å². The van der Waals surface area contributed by atoms with Gasteiger partial charge in [0.2, 0.25) is 0 Å². The first-order chi connectivity index (χ1) is 11.3. The van der Waals surface area contributed by atoms with E-state index in [0.29, 0.717) is 18.9 Å². The molecule has 2 aromatic rings. The highest BCUT2D eigenvalue weighted by atomic mass is 16.5. The van der Waals surface area contributed by atoms with Crippen molar-refractivity contribution in [2.24, 2.45) is 0 Å². The van der Waals surface area contributed by atoms with E-state index in [1.54, 1.807) is 0 Å². The largest absolute Gasteiger partial charge is 0.466 e. The third kappa shape index (κ3) is 3.88. The number of aromatic nitrogens is 3. The van der Waals surface area contributed by atoms with Gasteiger partial charge in [-0.05, 0) is 58.0 Å². The second-order valence-electron chi connectivity index (χ2n) is 6.01. The minimum atomic E-state index is -0.0858. The lowest BCUT2D eigenvalue weighted by atomic mass is 9.96. The number of rotatable bonds is 6. The van der Waals surface area contributed by atoms with Gasteiger partial charge in [-0.15, -0.1) is 10.2 Å². The highest BCUT2D eigenvalue weighted by Crippen LogP contribution is 2.27. The number of fused-ring (bicyclic) bond motifs is 1. The molecule has 23 heavy (non-hydrogen) atoms. The monoisotopic (exact) mass is 316 g/mol. The van der Waals surface area contributed by atoms with Gasteiger partial charge in [-0.2, -0.15) is 0 Å². The van der Waals surface area contributed by atoms with Gasteiger partial charge in [-0.25, -0.2) is 0 Å². The molecule has 0 spiro atoms. The molecule has 0 aromatic carbocycles. The van der Waals surface area contributed by atoms with Gasteiger partial charge < -0.3 is 9.64 Å². The second kappa shape index (κ2) is 7.55. The van der Waals surface area contributed by atoms with Crippen LogP contribution in [-0.2, 0) is 9.53 Å². The number of carbonyl (C=O) groups excluding carboxylic acids is 1. The number of ether oxygens (including phenoxy) is 1. The Kier molecular flexibility index (Phi) is 5.23. The molecule has 124 valence electrons. The van der Waals surface area contributed by atoms with Crippen LogP contribution in [0.15, 0.2) is 24.4 Å². The lowest BCUT2D eigenvalue weighted by Crippen LogP contribution is -2.34. The maximum Gasteiger partial charge on any atom is 0.305 e. The number of piperidine rings is 1. The van der Waals surface area contributed by atoms with Crippen LogP contribution in [0.25, 0.3) is 5.65 Å². The fraction of sp³-hybridized carbons (Fsp3) is 0.588. The van der Waals surface area contributed by atoms with Crippen LogP contribution in [0.4, 0.5) is 0 Å². The molecule has 0 atom stereocenters. The molecule has 6 nitrogen and oxygen atoms in total. The van der Waals surface area contributed by atoms with Crippen molar-refractivity contribution in [3.05, 3.63) is 30.2 Å². The molecular weight excluding hydrogens is 292 g/mol. The Morgan fingerprint density at radius 3 is 2.91 bits per heavy atom. The molecule has 0 radical (unpaired) electrons. The van der Waals surface area contributed by atoms with Gasteiger partial charge in [0.15, 0.2) is 5.65 Å². The lowest BCUT2D eigenvalue weighted by Gasteiger charge is -2.31. The Morgan fingerprint density at radius 2 is 2.13 bits per heavy atom. The molecule has 0 saturated carbocycles. The van der Waals surface area contributed by atoms with Crippen molar-refractivity contribution in [2.75, 3.05) is 26.2 Å². The van der Waals surface area contributed by atoms with Crippen molar-refractivity contribution in [2.45, 2.75) is 38.5 Å². The molecule has 0 bridgehead atoms. The van der Waals surface area contributed by atoms with E-state index >= 15 is 0 Å². The summed E-state index contributed by atoms with van der Waals surface area (Å²) in [6, 6.07) is 5.99. The minimum absolute atomic E-state index is 0.0858. The average Bonchev–Trinajstić information content (AvgIpc) is 3.00. The van der Waals surface area contributed by atoms with Crippen LogP contribution in [0.5, 0.6) is 0 Å². The summed E-state index contributed by atoms with van der Waals surface area (Å²) in [5, 5.41) is 8.63. The molecule has 0 amide bonds. The molecule has 0 aliphatic carbocycles. The first-order valence-corrected chi connectivity index (χ1v) is 8.45. The molecule has 1 aliphatic rings. The molecule has 3 rings (SSSR count). The van der Waals surface area contributed by atoms with E-state index in [1.807, 2.05) is 31.3 Å². The number of hydrogen-bond acceptors (Lipinski definition) is 5. The first-order valence-electron chi connectivity index (χ1n) is 8.45. The SMILES string of the molecule is CCOC(=O)CCCN1CCC(c2nnc3ccccn23)CC1. The second-order valence-corrected chi connectivity index (χ2v) is 6.01. The summed E-state index contributed by atoms with van der Waals surface area (Å²) in [4.78, 5) is 13.8. The van der Waals surface area contributed by atoms with Crippen LogP contribution in [0.1, 0.15) is 44.3 Å². The van der Waals surface area contributed by atoms with Crippen molar-refractivity contribution in [3.63, 3.8) is 0 Å². The zero-order valence-corrected chi connectivity index (χ0v) is 13.6. The van der Waals surface area contributed by atoms with Gasteiger partial charge in [0.05, 0.1) is 6.61 Å². The van der Waals surface area contributed by atoms with Gasteiger partial charge >= 0.3 is 5.97 Å². The fourth-order valence-corrected chi connectivity index (χ4v) is 3.23. The quantitative estimate of drug-likeness (QED) is 0.765. The highest BCUT2D eigenvalue weighted by Gasteiger charge is 2.24. The predicted molar refractivity (Wildman–Crippen MR) is 87.3 cm³/mol. The normalized spacial score (nSPS) is 16.7. The standard InChI is InChI=1S/C17H24N4O2/c1-2-23-16(22)7-5-10-20-12-8-14(9-13-20)17-19-18-15-6-3-4-11-21(15)17/h3-4,6,11,14H,2,5,7-10,12-13H2,1H3. The number of esters is 1. The molecule has 2 aromatic heterocycles. The maximum absolute atomic E-state index is 11.4. The molecule has 6 heteroatoms. The zero-order valence-electron chi connectivity index (χ0n) is 13.6. The Hall–Kier alpha value is -1.95. The van der Waals surface area contributed by atoms with Crippen molar-refractivity contribution >= 4 is 11.6 Å². The number of hydrogen-bond donors (Lipinski definition) is 0. The zero-order chi connectivity index (χ0) is 16.1. The van der Waals surface area contributed by atoms with Gasteiger partial charge in [0.1, 0.15) is 5.82 Å². The molecule has 1 aliphatic heterocycles. The number of likely N-dealkylation sites (tertiary alicyclic amines) is 1. The first kappa shape index (κ1) is 15.9. The van der Waals surface area contributed by atoms with E-state index < -0.39 is 0 Å². The summed E-state index contributed by atoms with van der Waals surface area (Å²) in [5.41, 5.74) is 0.916. The van der Waals surface area contributed by atoms with Crippen LogP contribution in [0.2, 0.25) is 0 Å². The lowest BCUT2D eigenvalue weighted by molar-refractivity contribution is -0.143. The van der Waals surface area contributed by atoms with E-state index in [2.05, 4.69) is 19.5 Å². The van der Waals surface area contributed by atoms with Gasteiger partial charge in [-0.1, -0.05) is 6.07 Å². The van der Waals surface area contributed by atoms with Crippen LogP contribution in [0, 0.1) is 0 Å². The molecule has 3 heterocycles. The molecule has 1 saturated heterocycles. The van der Waals surface area contributed by atoms with Crippen LogP contribution in [-0.4, -0.2) is 51.7 Å². The van der Waals surface area contributed by atoms with E-state index in [9.17, 15) is 4.79 Å². The summed E-state index contributed by atoms with van der Waals surface area (Å²) in [7, 11) is 0. The number of nitrogens with zero attached hydrogens (tertiary/aromatic N) is 4. The van der Waals surface area contributed by atoms with E-state index in [1.165, 1.54) is 0 Å². The van der Waals surface area contributed by atoms with Crippen molar-refractivity contribution in [1.82, 2.24) is 19.5 Å². The van der Waals surface area contributed by atoms with Gasteiger partial charge in [0.25, 0.3) is 0 Å². The van der Waals surface area contributed by atoms with Crippen molar-refractivity contribution in [1.29, 1.82) is 0 Å². The Morgan fingerprint density at radius 1 is 1.30 bits per heavy atom. The van der Waals surface area contributed by atoms with Crippen molar-refractivity contribution in [3.8, 4) is 0 Å². The Labute approximate surface area is 136 Å².